The number of halogens is 1. The van der Waals surface area contributed by atoms with E-state index in [-0.39, 0.29) is 12.3 Å². The van der Waals surface area contributed by atoms with Crippen LogP contribution in [0, 0.1) is 0 Å². The number of hydrogen-bond acceptors (Lipinski definition) is 3. The Kier molecular flexibility index (Phi) is 4.67. The average molecular weight is 447 g/mol. The normalized spacial score (nSPS) is 20.1. The summed E-state index contributed by atoms with van der Waals surface area (Å²) < 4.78 is 7.53. The number of hydrazone groups is 1. The summed E-state index contributed by atoms with van der Waals surface area (Å²) in [6.07, 6.45) is 0.647. The summed E-state index contributed by atoms with van der Waals surface area (Å²) in [4.78, 5) is 0. The molecule has 0 bridgehead atoms. The molecular weight excluding hydrogens is 424 g/mol. The van der Waals surface area contributed by atoms with Gasteiger partial charge in [-0.05, 0) is 35.2 Å². The third kappa shape index (κ3) is 3.36. The Morgan fingerprint density at radius 1 is 1.00 bits per heavy atom. The van der Waals surface area contributed by atoms with Gasteiger partial charge in [0.15, 0.2) is 0 Å². The first-order valence-electron chi connectivity index (χ1n) is 10.1. The van der Waals surface area contributed by atoms with Crippen LogP contribution in [0.3, 0.4) is 0 Å². The Morgan fingerprint density at radius 3 is 2.48 bits per heavy atom. The molecular formula is C25H23BrN2O. The predicted molar refractivity (Wildman–Crippen MR) is 120 cm³/mol. The summed E-state index contributed by atoms with van der Waals surface area (Å²) in [6, 6.07) is 25.6. The molecule has 2 aliphatic heterocycles. The minimum Gasteiger partial charge on any atom is -0.464 e. The molecule has 0 unspecified atom stereocenters. The highest BCUT2D eigenvalue weighted by Crippen LogP contribution is 2.48. The van der Waals surface area contributed by atoms with Gasteiger partial charge in [-0.15, -0.1) is 0 Å². The van der Waals surface area contributed by atoms with Gasteiger partial charge < -0.3 is 4.74 Å². The first-order valence-corrected chi connectivity index (χ1v) is 10.9. The Bertz CT molecular complexity index is 1060. The topological polar surface area (TPSA) is 24.8 Å². The molecule has 0 aromatic heterocycles. The molecule has 0 saturated carbocycles. The van der Waals surface area contributed by atoms with E-state index in [1.165, 1.54) is 16.7 Å². The second-order valence-corrected chi connectivity index (χ2v) is 8.90. The van der Waals surface area contributed by atoms with Crippen LogP contribution in [0.4, 0.5) is 0 Å². The Morgan fingerprint density at radius 2 is 1.76 bits per heavy atom. The monoisotopic (exact) mass is 446 g/mol. The zero-order chi connectivity index (χ0) is 20.0. The summed E-state index contributed by atoms with van der Waals surface area (Å²) in [6.45, 7) is 4.43. The van der Waals surface area contributed by atoms with Crippen molar-refractivity contribution in [2.75, 3.05) is 0 Å². The molecule has 0 fully saturated rings. The van der Waals surface area contributed by atoms with Gasteiger partial charge in [-0.25, -0.2) is 5.01 Å². The van der Waals surface area contributed by atoms with Crippen molar-refractivity contribution in [1.82, 2.24) is 5.01 Å². The SMILES string of the molecule is CC(C)c1ccc([C@H]2Oc3ccc(Br)cc3[C@H]3CC(c4ccccc4)=NN32)cc1. The molecule has 0 spiro atoms. The van der Waals surface area contributed by atoms with Gasteiger partial charge in [-0.1, -0.05) is 84.4 Å². The fourth-order valence-electron chi connectivity index (χ4n) is 4.13. The molecule has 0 radical (unpaired) electrons. The number of fused-ring (bicyclic) bond motifs is 3. The molecule has 2 atom stereocenters. The fourth-order valence-corrected chi connectivity index (χ4v) is 4.51. The first kappa shape index (κ1) is 18.4. The summed E-state index contributed by atoms with van der Waals surface area (Å²) >= 11 is 3.62. The molecule has 29 heavy (non-hydrogen) atoms. The molecule has 3 aromatic carbocycles. The van der Waals surface area contributed by atoms with Crippen molar-refractivity contribution in [1.29, 1.82) is 0 Å². The Labute approximate surface area is 180 Å². The van der Waals surface area contributed by atoms with Crippen LogP contribution in [0.15, 0.2) is 82.4 Å². The quantitative estimate of drug-likeness (QED) is 0.440. The number of rotatable bonds is 3. The number of ether oxygens (including phenoxy) is 1. The molecule has 3 aromatic rings. The molecule has 0 aliphatic carbocycles. The van der Waals surface area contributed by atoms with Gasteiger partial charge in [-0.3, -0.25) is 0 Å². The van der Waals surface area contributed by atoms with E-state index in [1.54, 1.807) is 0 Å². The van der Waals surface area contributed by atoms with E-state index in [9.17, 15) is 0 Å². The Hall–Kier alpha value is -2.59. The Balaban J connectivity index is 1.57. The summed E-state index contributed by atoms with van der Waals surface area (Å²) in [5.74, 6) is 1.45. The van der Waals surface area contributed by atoms with E-state index in [4.69, 9.17) is 9.84 Å². The van der Waals surface area contributed by atoms with Crippen LogP contribution in [0.2, 0.25) is 0 Å². The van der Waals surface area contributed by atoms with Crippen LogP contribution in [-0.4, -0.2) is 10.7 Å². The molecule has 4 heteroatoms. The summed E-state index contributed by atoms with van der Waals surface area (Å²) in [5, 5.41) is 7.17. The second-order valence-electron chi connectivity index (χ2n) is 7.99. The van der Waals surface area contributed by atoms with E-state index in [2.05, 4.69) is 95.5 Å². The molecule has 0 N–H and O–H groups in total. The first-order chi connectivity index (χ1) is 14.1. The van der Waals surface area contributed by atoms with Gasteiger partial charge in [0.1, 0.15) is 5.75 Å². The minimum absolute atomic E-state index is 0.168. The van der Waals surface area contributed by atoms with Gasteiger partial charge in [0.25, 0.3) is 0 Å². The molecule has 5 rings (SSSR count). The minimum atomic E-state index is -0.226. The lowest BCUT2D eigenvalue weighted by molar-refractivity contribution is -0.0190. The van der Waals surface area contributed by atoms with Crippen LogP contribution in [0.5, 0.6) is 5.75 Å². The second kappa shape index (κ2) is 7.34. The lowest BCUT2D eigenvalue weighted by atomic mass is 9.95. The third-order valence-electron chi connectivity index (χ3n) is 5.75. The van der Waals surface area contributed by atoms with Crippen LogP contribution < -0.4 is 4.74 Å². The zero-order valence-electron chi connectivity index (χ0n) is 16.5. The van der Waals surface area contributed by atoms with Crippen LogP contribution in [0.1, 0.15) is 60.7 Å². The van der Waals surface area contributed by atoms with E-state index in [1.807, 2.05) is 12.1 Å². The van der Waals surface area contributed by atoms with Gasteiger partial charge in [-0.2, -0.15) is 5.10 Å². The lowest BCUT2D eigenvalue weighted by Gasteiger charge is -2.38. The average Bonchev–Trinajstić information content (AvgIpc) is 3.20. The molecule has 2 heterocycles. The lowest BCUT2D eigenvalue weighted by Crippen LogP contribution is -2.33. The van der Waals surface area contributed by atoms with Gasteiger partial charge in [0.2, 0.25) is 6.23 Å². The third-order valence-corrected chi connectivity index (χ3v) is 6.24. The molecule has 0 saturated heterocycles. The van der Waals surface area contributed by atoms with Crippen LogP contribution in [-0.2, 0) is 0 Å². The predicted octanol–water partition coefficient (Wildman–Crippen LogP) is 6.81. The smallest absolute Gasteiger partial charge is 0.213 e. The number of hydrogen-bond donors (Lipinski definition) is 0. The van der Waals surface area contributed by atoms with Crippen molar-refractivity contribution in [2.24, 2.45) is 5.10 Å². The number of benzene rings is 3. The maximum absolute atomic E-state index is 6.47. The van der Waals surface area contributed by atoms with E-state index in [0.29, 0.717) is 5.92 Å². The van der Waals surface area contributed by atoms with Gasteiger partial charge in [0, 0.05) is 22.0 Å². The summed E-state index contributed by atoms with van der Waals surface area (Å²) in [5.41, 5.74) is 5.93. The van der Waals surface area contributed by atoms with Crippen molar-refractivity contribution in [3.8, 4) is 5.75 Å². The maximum atomic E-state index is 6.47. The largest absolute Gasteiger partial charge is 0.464 e. The molecule has 0 amide bonds. The highest BCUT2D eigenvalue weighted by atomic mass is 79.9. The van der Waals surface area contributed by atoms with Crippen molar-refractivity contribution in [3.63, 3.8) is 0 Å². The van der Waals surface area contributed by atoms with E-state index < -0.39 is 0 Å². The van der Waals surface area contributed by atoms with E-state index >= 15 is 0 Å². The van der Waals surface area contributed by atoms with Gasteiger partial charge >= 0.3 is 0 Å². The zero-order valence-corrected chi connectivity index (χ0v) is 18.1. The number of nitrogens with zero attached hydrogens (tertiary/aromatic N) is 2. The van der Waals surface area contributed by atoms with Crippen molar-refractivity contribution >= 4 is 21.6 Å². The standard InChI is InChI=1S/C25H23BrN2O/c1-16(2)17-8-10-19(11-9-17)25-28-23(21-14-20(26)12-13-24(21)29-25)15-22(27-28)18-6-4-3-5-7-18/h3-14,16,23,25H,15H2,1-2H3/t23-,25-/m1/s1. The van der Waals surface area contributed by atoms with Crippen molar-refractivity contribution < 1.29 is 4.74 Å². The fraction of sp³-hybridized carbons (Fsp3) is 0.240. The van der Waals surface area contributed by atoms with E-state index in [0.717, 1.165) is 27.9 Å². The molecule has 2 aliphatic rings. The summed E-state index contributed by atoms with van der Waals surface area (Å²) in [7, 11) is 0. The highest BCUT2D eigenvalue weighted by molar-refractivity contribution is 9.10. The molecule has 3 nitrogen and oxygen atoms in total. The van der Waals surface area contributed by atoms with Crippen LogP contribution in [0.25, 0.3) is 0 Å². The van der Waals surface area contributed by atoms with Crippen molar-refractivity contribution in [3.05, 3.63) is 99.5 Å². The highest BCUT2D eigenvalue weighted by Gasteiger charge is 2.41. The van der Waals surface area contributed by atoms with Crippen LogP contribution >= 0.6 is 15.9 Å². The van der Waals surface area contributed by atoms with Crippen molar-refractivity contribution in [2.45, 2.75) is 38.5 Å². The maximum Gasteiger partial charge on any atom is 0.213 e. The molecule has 146 valence electrons. The van der Waals surface area contributed by atoms with Gasteiger partial charge in [0.05, 0.1) is 11.8 Å².